The highest BCUT2D eigenvalue weighted by molar-refractivity contribution is 5.86. The van der Waals surface area contributed by atoms with Crippen LogP contribution in [0.1, 0.15) is 177 Å². The van der Waals surface area contributed by atoms with Crippen LogP contribution in [0, 0.1) is 13.8 Å². The third-order valence-corrected chi connectivity index (χ3v) is 15.0. The van der Waals surface area contributed by atoms with E-state index in [-0.39, 0.29) is 27.1 Å². The van der Waals surface area contributed by atoms with Crippen molar-refractivity contribution in [1.82, 2.24) is 0 Å². The molecule has 2 atom stereocenters. The van der Waals surface area contributed by atoms with E-state index < -0.39 is 0 Å². The van der Waals surface area contributed by atoms with Crippen molar-refractivity contribution in [3.05, 3.63) is 261 Å². The molecule has 0 saturated carbocycles. The number of aromatic hydroxyl groups is 2. The summed E-state index contributed by atoms with van der Waals surface area (Å²) in [6.45, 7) is 34.0. The fourth-order valence-electron chi connectivity index (χ4n) is 12.1. The number of phenolic OH excluding ortho intramolecular Hbond substituents is 2. The van der Waals surface area contributed by atoms with Gasteiger partial charge in [0.05, 0.1) is 5.41 Å². The summed E-state index contributed by atoms with van der Waals surface area (Å²) in [7, 11) is 2.00. The second kappa shape index (κ2) is 29.1. The van der Waals surface area contributed by atoms with Crippen LogP contribution in [-0.2, 0) is 27.1 Å². The van der Waals surface area contributed by atoms with E-state index in [1.165, 1.54) is 77.9 Å². The Morgan fingerprint density at radius 2 is 0.610 bits per heavy atom. The standard InChI is InChI=1S/C25H18.2C19H22O.4C2H6.2CH4O/c1-3-11-19(12-4-1)25(20-13-5-2-6-14-20)23-17-9-7-15-21(23)22-16-8-10-18-24(22)25;1-13-5-7-14(8-6-13)19(4)12-18(2,3)17-11-15(20)9-10-16(17)19;1-13-5-7-14(8-6-13)19(4)12-18(2,3)16-10-9-15(20)11-17(16)19;6*1-2/h1-18H;2*5-11,20H,12H2,1-4H3;4*1-2H3;2*2H,1H3. The molecular formula is C73H94O4. The van der Waals surface area contributed by atoms with E-state index in [2.05, 4.69) is 225 Å². The Kier molecular flexibility index (Phi) is 24.4. The van der Waals surface area contributed by atoms with Crippen molar-refractivity contribution in [2.75, 3.05) is 14.2 Å². The first kappa shape index (κ1) is 64.6. The zero-order valence-electron chi connectivity index (χ0n) is 50.2. The van der Waals surface area contributed by atoms with Crippen molar-refractivity contribution >= 4 is 0 Å². The topological polar surface area (TPSA) is 80.9 Å². The van der Waals surface area contributed by atoms with Crippen LogP contribution < -0.4 is 0 Å². The summed E-state index contributed by atoms with van der Waals surface area (Å²) in [6.07, 6.45) is 2.14. The fourth-order valence-corrected chi connectivity index (χ4v) is 12.1. The van der Waals surface area contributed by atoms with Crippen molar-refractivity contribution in [3.8, 4) is 22.6 Å². The van der Waals surface area contributed by atoms with E-state index in [9.17, 15) is 10.2 Å². The second-order valence-corrected chi connectivity index (χ2v) is 20.6. The van der Waals surface area contributed by atoms with Crippen LogP contribution in [0.4, 0.5) is 0 Å². The van der Waals surface area contributed by atoms with Gasteiger partial charge in [0.15, 0.2) is 0 Å². The van der Waals surface area contributed by atoms with Gasteiger partial charge in [0.1, 0.15) is 11.5 Å². The Labute approximate surface area is 466 Å². The number of hydrogen-bond donors (Lipinski definition) is 4. The Morgan fingerprint density at radius 1 is 0.299 bits per heavy atom. The molecule has 0 aliphatic heterocycles. The molecule has 4 N–H and O–H groups in total. The van der Waals surface area contributed by atoms with Gasteiger partial charge in [0.25, 0.3) is 0 Å². The van der Waals surface area contributed by atoms with Gasteiger partial charge in [-0.25, -0.2) is 0 Å². The highest BCUT2D eigenvalue weighted by Crippen LogP contribution is 2.57. The van der Waals surface area contributed by atoms with Gasteiger partial charge in [-0.2, -0.15) is 0 Å². The highest BCUT2D eigenvalue weighted by atomic mass is 16.3. The summed E-state index contributed by atoms with van der Waals surface area (Å²) < 4.78 is 0. The lowest BCUT2D eigenvalue weighted by atomic mass is 9.68. The largest absolute Gasteiger partial charge is 0.508 e. The van der Waals surface area contributed by atoms with E-state index in [4.69, 9.17) is 10.2 Å². The maximum atomic E-state index is 9.89. The predicted molar refractivity (Wildman–Crippen MR) is 332 cm³/mol. The van der Waals surface area contributed by atoms with Crippen LogP contribution in [0.5, 0.6) is 11.5 Å². The molecule has 0 radical (unpaired) electrons. The third-order valence-electron chi connectivity index (χ3n) is 15.0. The molecule has 0 fully saturated rings. The zero-order valence-corrected chi connectivity index (χ0v) is 50.2. The summed E-state index contributed by atoms with van der Waals surface area (Å²) in [4.78, 5) is 0. The molecule has 8 aromatic rings. The first-order valence-corrected chi connectivity index (χ1v) is 28.1. The lowest BCUT2D eigenvalue weighted by Crippen LogP contribution is -2.28. The lowest BCUT2D eigenvalue weighted by Gasteiger charge is -2.33. The number of benzene rings is 8. The van der Waals surface area contributed by atoms with Crippen LogP contribution >= 0.6 is 0 Å². The van der Waals surface area contributed by atoms with Crippen molar-refractivity contribution in [1.29, 1.82) is 0 Å². The predicted octanol–water partition coefficient (Wildman–Crippen LogP) is 18.7. The number of aliphatic hydroxyl groups is 2. The first-order valence-electron chi connectivity index (χ1n) is 28.1. The van der Waals surface area contributed by atoms with Gasteiger partial charge in [-0.1, -0.05) is 278 Å². The number of fused-ring (bicyclic) bond motifs is 5. The van der Waals surface area contributed by atoms with Crippen molar-refractivity contribution in [2.45, 2.75) is 151 Å². The monoisotopic (exact) mass is 1030 g/mol. The zero-order chi connectivity index (χ0) is 57.8. The number of hydrogen-bond acceptors (Lipinski definition) is 4. The molecule has 0 spiro atoms. The third kappa shape index (κ3) is 13.3. The fraction of sp³-hybridized carbons (Fsp3) is 0.342. The molecule has 0 bridgehead atoms. The molecule has 11 rings (SSSR count). The normalized spacial score (nSPS) is 17.2. The van der Waals surface area contributed by atoms with Crippen LogP contribution in [-0.4, -0.2) is 34.6 Å². The molecule has 3 aliphatic carbocycles. The number of aliphatic hydroxyl groups excluding tert-OH is 2. The average molecular weight is 1040 g/mol. The summed E-state index contributed by atoms with van der Waals surface area (Å²) in [6, 6.07) is 68.8. The minimum Gasteiger partial charge on any atom is -0.508 e. The Hall–Kier alpha value is -6.72. The van der Waals surface area contributed by atoms with Gasteiger partial charge in [0.2, 0.25) is 0 Å². The molecule has 0 amide bonds. The molecule has 0 aromatic heterocycles. The van der Waals surface area contributed by atoms with E-state index >= 15 is 0 Å². The van der Waals surface area contributed by atoms with E-state index in [0.29, 0.717) is 11.5 Å². The SMILES string of the molecule is CC.CC.CC.CC.CO.CO.Cc1ccc(C2(C)CC(C)(C)c3cc(O)ccc32)cc1.Cc1ccc(C2(C)CC(C)(C)c3ccc(O)cc32)cc1.c1ccc(C2(c3ccccc3)c3ccccc3-c3ccccc32)cc1. The lowest BCUT2D eigenvalue weighted by molar-refractivity contribution is 0.399. The van der Waals surface area contributed by atoms with E-state index in [0.717, 1.165) is 27.1 Å². The number of rotatable bonds is 4. The van der Waals surface area contributed by atoms with Gasteiger partial charge in [-0.3, -0.25) is 0 Å². The van der Waals surface area contributed by atoms with Crippen LogP contribution in [0.3, 0.4) is 0 Å². The molecule has 77 heavy (non-hydrogen) atoms. The molecule has 0 saturated heterocycles. The van der Waals surface area contributed by atoms with Crippen LogP contribution in [0.25, 0.3) is 11.1 Å². The van der Waals surface area contributed by atoms with E-state index in [1.807, 2.05) is 79.7 Å². The van der Waals surface area contributed by atoms with Crippen molar-refractivity contribution in [3.63, 3.8) is 0 Å². The van der Waals surface area contributed by atoms with Gasteiger partial charge < -0.3 is 20.4 Å². The summed E-state index contributed by atoms with van der Waals surface area (Å²) >= 11 is 0. The number of aryl methyl sites for hydroxylation is 2. The van der Waals surface area contributed by atoms with Gasteiger partial charge in [0, 0.05) is 25.0 Å². The Morgan fingerprint density at radius 3 is 1.00 bits per heavy atom. The van der Waals surface area contributed by atoms with Crippen LogP contribution in [0.15, 0.2) is 194 Å². The molecule has 410 valence electrons. The van der Waals surface area contributed by atoms with Crippen molar-refractivity contribution in [2.24, 2.45) is 0 Å². The summed E-state index contributed by atoms with van der Waals surface area (Å²) in [5, 5.41) is 33.7. The first-order chi connectivity index (χ1) is 37.1. The molecule has 4 heteroatoms. The maximum absolute atomic E-state index is 9.89. The quantitative estimate of drug-likeness (QED) is 0.142. The van der Waals surface area contributed by atoms with Crippen molar-refractivity contribution < 1.29 is 20.4 Å². The minimum atomic E-state index is -0.254. The maximum Gasteiger partial charge on any atom is 0.115 e. The molecule has 3 aliphatic rings. The summed E-state index contributed by atoms with van der Waals surface area (Å²) in [5.41, 5.74) is 18.6. The second-order valence-electron chi connectivity index (χ2n) is 20.6. The molecule has 8 aromatic carbocycles. The molecule has 2 unspecified atom stereocenters. The summed E-state index contributed by atoms with van der Waals surface area (Å²) in [5.74, 6) is 0.727. The average Bonchev–Trinajstić information content (AvgIpc) is 4.04. The smallest absolute Gasteiger partial charge is 0.115 e. The Bertz CT molecular complexity index is 2900. The van der Waals surface area contributed by atoms with Gasteiger partial charge in [-0.05, 0) is 129 Å². The number of phenols is 2. The molecular weight excluding hydrogens is 941 g/mol. The molecule has 4 nitrogen and oxygen atoms in total. The van der Waals surface area contributed by atoms with E-state index in [1.54, 1.807) is 0 Å². The Balaban J connectivity index is 0.000000278. The highest BCUT2D eigenvalue weighted by Gasteiger charge is 2.48. The van der Waals surface area contributed by atoms with Crippen LogP contribution in [0.2, 0.25) is 0 Å². The van der Waals surface area contributed by atoms with Gasteiger partial charge >= 0.3 is 0 Å². The molecule has 0 heterocycles. The van der Waals surface area contributed by atoms with Gasteiger partial charge in [-0.15, -0.1) is 0 Å². The minimum absolute atomic E-state index is 0.0225.